The number of rotatable bonds is 2. The van der Waals surface area contributed by atoms with E-state index >= 15 is 0 Å². The highest BCUT2D eigenvalue weighted by Crippen LogP contribution is 2.49. The minimum Gasteiger partial charge on any atom is -0.456 e. The van der Waals surface area contributed by atoms with E-state index in [1.807, 2.05) is 30.3 Å². The quantitative estimate of drug-likeness (QED) is 0.202. The second-order valence-corrected chi connectivity index (χ2v) is 11.2. The summed E-state index contributed by atoms with van der Waals surface area (Å²) in [4.78, 5) is 0. The number of ether oxygens (including phenoxy) is 1. The van der Waals surface area contributed by atoms with Crippen LogP contribution in [0.1, 0.15) is 5.56 Å². The first-order valence-corrected chi connectivity index (χ1v) is 14.5. The Morgan fingerprint density at radius 1 is 0.395 bits per heavy atom. The molecule has 0 unspecified atom stereocenters. The summed E-state index contributed by atoms with van der Waals surface area (Å²) >= 11 is 0. The van der Waals surface area contributed by atoms with Crippen LogP contribution in [0.4, 0.5) is 0 Å². The Hall–Kier alpha value is -5.91. The lowest BCUT2D eigenvalue weighted by Gasteiger charge is -2.23. The van der Waals surface area contributed by atoms with Crippen LogP contribution in [0, 0.1) is 11.3 Å². The zero-order chi connectivity index (χ0) is 28.5. The highest BCUT2D eigenvalue weighted by Gasteiger charge is 2.22. The van der Waals surface area contributed by atoms with E-state index < -0.39 is 0 Å². The molecule has 0 N–H and O–H groups in total. The molecule has 0 fully saturated rings. The highest BCUT2D eigenvalue weighted by molar-refractivity contribution is 6.24. The molecule has 198 valence electrons. The molecule has 0 bridgehead atoms. The van der Waals surface area contributed by atoms with Gasteiger partial charge in [0.15, 0.2) is 0 Å². The number of hydrogen-bond donors (Lipinski definition) is 0. The predicted molar refractivity (Wildman–Crippen MR) is 178 cm³/mol. The van der Waals surface area contributed by atoms with E-state index in [1.165, 1.54) is 49.0 Å². The first-order chi connectivity index (χ1) is 21.3. The summed E-state index contributed by atoms with van der Waals surface area (Å²) in [6.45, 7) is 0. The molecule has 0 aromatic heterocycles. The normalized spacial score (nSPS) is 11.9. The van der Waals surface area contributed by atoms with Crippen LogP contribution in [-0.4, -0.2) is 0 Å². The van der Waals surface area contributed by atoms with Gasteiger partial charge in [-0.25, -0.2) is 0 Å². The summed E-state index contributed by atoms with van der Waals surface area (Å²) in [7, 11) is 0. The van der Waals surface area contributed by atoms with Gasteiger partial charge in [0.1, 0.15) is 11.5 Å². The third kappa shape index (κ3) is 3.46. The van der Waals surface area contributed by atoms with Crippen molar-refractivity contribution in [3.8, 4) is 50.9 Å². The van der Waals surface area contributed by atoms with Crippen LogP contribution in [0.3, 0.4) is 0 Å². The molecule has 1 aliphatic heterocycles. The van der Waals surface area contributed by atoms with E-state index in [4.69, 9.17) is 4.74 Å². The van der Waals surface area contributed by atoms with Crippen molar-refractivity contribution in [3.05, 3.63) is 145 Å². The van der Waals surface area contributed by atoms with Gasteiger partial charge in [-0.15, -0.1) is 0 Å². The minimum absolute atomic E-state index is 0.662. The molecular formula is C41H23NO. The van der Waals surface area contributed by atoms with Crippen molar-refractivity contribution in [2.45, 2.75) is 0 Å². The van der Waals surface area contributed by atoms with Crippen LogP contribution < -0.4 is 4.74 Å². The van der Waals surface area contributed by atoms with Crippen molar-refractivity contribution in [2.75, 3.05) is 0 Å². The lowest BCUT2D eigenvalue weighted by atomic mass is 9.87. The number of benzene rings is 8. The van der Waals surface area contributed by atoms with Crippen molar-refractivity contribution in [2.24, 2.45) is 0 Å². The van der Waals surface area contributed by atoms with Crippen LogP contribution in [0.15, 0.2) is 140 Å². The van der Waals surface area contributed by atoms with Crippen LogP contribution in [0.25, 0.3) is 76.5 Å². The Balaban J connectivity index is 1.31. The van der Waals surface area contributed by atoms with Gasteiger partial charge in [-0.1, -0.05) is 103 Å². The van der Waals surface area contributed by atoms with Gasteiger partial charge in [0.2, 0.25) is 0 Å². The lowest BCUT2D eigenvalue weighted by Crippen LogP contribution is -1.98. The van der Waals surface area contributed by atoms with Gasteiger partial charge in [0.05, 0.1) is 11.6 Å². The average Bonchev–Trinajstić information content (AvgIpc) is 3.08. The fourth-order valence-electron chi connectivity index (χ4n) is 6.94. The number of nitriles is 1. The highest BCUT2D eigenvalue weighted by atomic mass is 16.5. The number of nitrogens with zero attached hydrogens (tertiary/aromatic N) is 1. The number of hydrogen-bond acceptors (Lipinski definition) is 2. The van der Waals surface area contributed by atoms with Gasteiger partial charge in [-0.2, -0.15) is 5.26 Å². The molecule has 0 amide bonds. The zero-order valence-corrected chi connectivity index (χ0v) is 23.1. The Morgan fingerprint density at radius 2 is 1.00 bits per heavy atom. The topological polar surface area (TPSA) is 33.0 Å². The van der Waals surface area contributed by atoms with Gasteiger partial charge in [-0.3, -0.25) is 0 Å². The van der Waals surface area contributed by atoms with Crippen LogP contribution in [0.2, 0.25) is 0 Å². The van der Waals surface area contributed by atoms with Crippen LogP contribution in [0.5, 0.6) is 11.5 Å². The predicted octanol–water partition coefficient (Wildman–Crippen LogP) is 11.3. The fourth-order valence-corrected chi connectivity index (χ4v) is 6.94. The number of fused-ring (bicyclic) bond motifs is 7. The second-order valence-electron chi connectivity index (χ2n) is 11.2. The standard InChI is InChI=1S/C41H23NO/c42-24-27-18-20-34-33-19-17-26(21-40(33)43-39-16-8-15-28(27)41(34)39)36-23-38-31-13-6-4-11-29(31)35(25-9-2-1-3-10-25)22-37(38)32-14-7-5-12-30(32)36/h1-23H. The molecule has 8 aromatic carbocycles. The van der Waals surface area contributed by atoms with Crippen molar-refractivity contribution >= 4 is 43.1 Å². The molecular weight excluding hydrogens is 522 g/mol. The van der Waals surface area contributed by atoms with E-state index in [9.17, 15) is 5.26 Å². The molecule has 8 aromatic rings. The Morgan fingerprint density at radius 3 is 1.70 bits per heavy atom. The molecule has 1 heterocycles. The van der Waals surface area contributed by atoms with Gasteiger partial charge in [-0.05, 0) is 96.5 Å². The maximum absolute atomic E-state index is 9.68. The molecule has 1 aliphatic rings. The summed E-state index contributed by atoms with van der Waals surface area (Å²) < 4.78 is 6.54. The van der Waals surface area contributed by atoms with Crippen molar-refractivity contribution in [3.63, 3.8) is 0 Å². The van der Waals surface area contributed by atoms with Crippen LogP contribution >= 0.6 is 0 Å². The van der Waals surface area contributed by atoms with Crippen LogP contribution in [-0.2, 0) is 0 Å². The maximum atomic E-state index is 9.68. The van der Waals surface area contributed by atoms with E-state index in [0.29, 0.717) is 5.56 Å². The first kappa shape index (κ1) is 23.8. The second kappa shape index (κ2) is 9.05. The molecule has 43 heavy (non-hydrogen) atoms. The van der Waals surface area contributed by atoms with E-state index in [-0.39, 0.29) is 0 Å². The summed E-state index contributed by atoms with van der Waals surface area (Å²) in [6, 6.07) is 51.6. The molecule has 0 radical (unpaired) electrons. The van der Waals surface area contributed by atoms with E-state index in [1.54, 1.807) is 0 Å². The largest absolute Gasteiger partial charge is 0.456 e. The van der Waals surface area contributed by atoms with E-state index in [2.05, 4.69) is 115 Å². The molecule has 0 saturated heterocycles. The van der Waals surface area contributed by atoms with E-state index in [0.717, 1.165) is 39.0 Å². The Labute approximate surface area is 248 Å². The molecule has 0 saturated carbocycles. The van der Waals surface area contributed by atoms with Crippen molar-refractivity contribution in [1.82, 2.24) is 0 Å². The third-order valence-electron chi connectivity index (χ3n) is 8.89. The summed E-state index contributed by atoms with van der Waals surface area (Å²) in [5.74, 6) is 1.62. The minimum atomic E-state index is 0.662. The smallest absolute Gasteiger partial charge is 0.135 e. The molecule has 0 aliphatic carbocycles. The maximum Gasteiger partial charge on any atom is 0.135 e. The Bertz CT molecular complexity index is 2480. The lowest BCUT2D eigenvalue weighted by molar-refractivity contribution is 0.487. The van der Waals surface area contributed by atoms with Crippen molar-refractivity contribution < 1.29 is 4.74 Å². The first-order valence-electron chi connectivity index (χ1n) is 14.5. The summed E-state index contributed by atoms with van der Waals surface area (Å²) in [5.41, 5.74) is 7.55. The summed E-state index contributed by atoms with van der Waals surface area (Å²) in [6.07, 6.45) is 0. The van der Waals surface area contributed by atoms with Gasteiger partial charge >= 0.3 is 0 Å². The molecule has 2 heteroatoms. The molecule has 9 rings (SSSR count). The SMILES string of the molecule is N#Cc1ccc2c3c(cccc13)Oc1cc(-c3cc4c5ccccc5c(-c5ccccc5)cc4c4ccccc34)ccc1-2. The summed E-state index contributed by atoms with van der Waals surface area (Å²) in [5, 5.41) is 19.0. The molecule has 0 atom stereocenters. The molecule has 0 spiro atoms. The zero-order valence-electron chi connectivity index (χ0n) is 23.1. The molecule has 2 nitrogen and oxygen atoms in total. The fraction of sp³-hybridized carbons (Fsp3) is 0. The monoisotopic (exact) mass is 545 g/mol. The van der Waals surface area contributed by atoms with Gasteiger partial charge in [0, 0.05) is 16.3 Å². The third-order valence-corrected chi connectivity index (χ3v) is 8.89. The van der Waals surface area contributed by atoms with Crippen molar-refractivity contribution in [1.29, 1.82) is 5.26 Å². The average molecular weight is 546 g/mol. The van der Waals surface area contributed by atoms with Gasteiger partial charge < -0.3 is 4.74 Å². The Kier molecular flexibility index (Phi) is 5.00. The van der Waals surface area contributed by atoms with Gasteiger partial charge in [0.25, 0.3) is 0 Å².